The normalized spacial score (nSPS) is 15.2. The summed E-state index contributed by atoms with van der Waals surface area (Å²) in [6, 6.07) is 15.1. The van der Waals surface area contributed by atoms with Crippen molar-refractivity contribution < 1.29 is 19.4 Å². The van der Waals surface area contributed by atoms with Crippen LogP contribution < -0.4 is 15.8 Å². The average Bonchev–Trinajstić information content (AvgIpc) is 3.23. The van der Waals surface area contributed by atoms with Crippen molar-refractivity contribution in [1.29, 1.82) is 5.26 Å². The van der Waals surface area contributed by atoms with Crippen LogP contribution in [0.5, 0.6) is 5.75 Å². The summed E-state index contributed by atoms with van der Waals surface area (Å²) in [6.45, 7) is 6.70. The molecular formula is C28H37N3O4. The van der Waals surface area contributed by atoms with Gasteiger partial charge >= 0.3 is 5.97 Å². The number of nitrogens with one attached hydrogen (secondary N) is 1. The van der Waals surface area contributed by atoms with Gasteiger partial charge in [-0.05, 0) is 75.1 Å². The number of hydrogen-bond acceptors (Lipinski definition) is 7. The lowest BCUT2D eigenvalue weighted by Gasteiger charge is -2.30. The van der Waals surface area contributed by atoms with Crippen LogP contribution in [0.3, 0.4) is 0 Å². The maximum Gasteiger partial charge on any atom is 0.323 e. The van der Waals surface area contributed by atoms with Crippen molar-refractivity contribution >= 4 is 5.97 Å². The summed E-state index contributed by atoms with van der Waals surface area (Å²) in [5, 5.41) is 23.7. The van der Waals surface area contributed by atoms with Gasteiger partial charge in [0, 0.05) is 12.1 Å². The van der Waals surface area contributed by atoms with Gasteiger partial charge in [-0.25, -0.2) is 0 Å². The predicted molar refractivity (Wildman–Crippen MR) is 135 cm³/mol. The van der Waals surface area contributed by atoms with Crippen LogP contribution in [-0.2, 0) is 28.8 Å². The molecule has 1 aliphatic rings. The van der Waals surface area contributed by atoms with Crippen molar-refractivity contribution in [2.24, 2.45) is 11.7 Å². The molecule has 188 valence electrons. The van der Waals surface area contributed by atoms with Crippen molar-refractivity contribution in [3.8, 4) is 11.8 Å². The topological polar surface area (TPSA) is 118 Å². The summed E-state index contributed by atoms with van der Waals surface area (Å²) in [6.07, 6.45) is 2.63. The smallest absolute Gasteiger partial charge is 0.323 e. The zero-order valence-corrected chi connectivity index (χ0v) is 20.9. The second-order valence-electron chi connectivity index (χ2n) is 9.94. The van der Waals surface area contributed by atoms with Crippen LogP contribution >= 0.6 is 0 Å². The van der Waals surface area contributed by atoms with Crippen molar-refractivity contribution in [2.75, 3.05) is 19.8 Å². The average molecular weight is 480 g/mol. The van der Waals surface area contributed by atoms with E-state index in [1.807, 2.05) is 0 Å². The Kier molecular flexibility index (Phi) is 9.27. The minimum Gasteiger partial charge on any atom is -0.489 e. The molecule has 2 atom stereocenters. The van der Waals surface area contributed by atoms with E-state index in [0.717, 1.165) is 19.3 Å². The van der Waals surface area contributed by atoms with E-state index < -0.39 is 18.1 Å². The molecule has 1 aliphatic carbocycles. The molecule has 3 rings (SSSR count). The van der Waals surface area contributed by atoms with Crippen LogP contribution in [0.2, 0.25) is 0 Å². The number of ether oxygens (including phenoxy) is 2. The monoisotopic (exact) mass is 479 g/mol. The molecule has 0 saturated heterocycles. The summed E-state index contributed by atoms with van der Waals surface area (Å²) in [5.74, 6) is 0.446. The van der Waals surface area contributed by atoms with Gasteiger partial charge < -0.3 is 25.6 Å². The number of hydrogen-bond donors (Lipinski definition) is 3. The van der Waals surface area contributed by atoms with E-state index in [0.29, 0.717) is 29.3 Å². The zero-order valence-electron chi connectivity index (χ0n) is 20.9. The van der Waals surface area contributed by atoms with E-state index in [9.17, 15) is 15.2 Å². The molecule has 0 radical (unpaired) electrons. The van der Waals surface area contributed by atoms with Gasteiger partial charge in [0.15, 0.2) is 0 Å². The molecule has 0 aromatic heterocycles. The summed E-state index contributed by atoms with van der Waals surface area (Å²) >= 11 is 0. The lowest BCUT2D eigenvalue weighted by atomic mass is 9.88. The number of aliphatic hydroxyl groups excluding tert-OH is 1. The first kappa shape index (κ1) is 26.7. The number of aliphatic hydroxyl groups is 1. The molecule has 7 heteroatoms. The first-order valence-electron chi connectivity index (χ1n) is 12.3. The molecule has 0 fully saturated rings. The van der Waals surface area contributed by atoms with Gasteiger partial charge in [0.05, 0.1) is 12.2 Å². The minimum atomic E-state index is -0.859. The first-order chi connectivity index (χ1) is 16.7. The Morgan fingerprint density at radius 1 is 1.23 bits per heavy atom. The van der Waals surface area contributed by atoms with Crippen LogP contribution in [0.1, 0.15) is 49.4 Å². The fourth-order valence-electron chi connectivity index (χ4n) is 4.79. The fraction of sp³-hybridized carbons (Fsp3) is 0.500. The summed E-state index contributed by atoms with van der Waals surface area (Å²) < 4.78 is 10.7. The highest BCUT2D eigenvalue weighted by molar-refractivity contribution is 5.76. The Labute approximate surface area is 208 Å². The van der Waals surface area contributed by atoms with Crippen LogP contribution in [0.4, 0.5) is 0 Å². The molecule has 4 N–H and O–H groups in total. The molecule has 0 amide bonds. The van der Waals surface area contributed by atoms with Crippen molar-refractivity contribution in [3.63, 3.8) is 0 Å². The molecule has 0 unspecified atom stereocenters. The molecule has 0 heterocycles. The Hall–Kier alpha value is -2.92. The van der Waals surface area contributed by atoms with Crippen molar-refractivity contribution in [1.82, 2.24) is 5.32 Å². The maximum atomic E-state index is 11.9. The number of nitriles is 1. The highest BCUT2D eigenvalue weighted by atomic mass is 16.5. The van der Waals surface area contributed by atoms with Gasteiger partial charge in [-0.1, -0.05) is 36.4 Å². The third kappa shape index (κ3) is 7.53. The third-order valence-corrected chi connectivity index (χ3v) is 6.44. The molecule has 2 aromatic carbocycles. The van der Waals surface area contributed by atoms with E-state index in [-0.39, 0.29) is 25.2 Å². The van der Waals surface area contributed by atoms with E-state index in [1.165, 1.54) is 11.1 Å². The van der Waals surface area contributed by atoms with Crippen LogP contribution in [0.15, 0.2) is 42.5 Å². The molecular weight excluding hydrogens is 442 g/mol. The number of β-amino-alcohol motifs (C(OH)–C–C–N with tert-alkyl or cyclic N) is 1. The zero-order chi connectivity index (χ0) is 25.4. The Morgan fingerprint density at radius 2 is 1.91 bits per heavy atom. The van der Waals surface area contributed by atoms with Gasteiger partial charge in [-0.3, -0.25) is 4.79 Å². The number of nitrogens with two attached hydrogens (primary N) is 1. The largest absolute Gasteiger partial charge is 0.489 e. The molecule has 0 spiro atoms. The van der Waals surface area contributed by atoms with E-state index >= 15 is 0 Å². The van der Waals surface area contributed by atoms with Crippen molar-refractivity contribution in [3.05, 3.63) is 64.7 Å². The quantitative estimate of drug-likeness (QED) is 0.401. The molecule has 2 aromatic rings. The van der Waals surface area contributed by atoms with Crippen LogP contribution in [0.25, 0.3) is 0 Å². The number of esters is 1. The lowest BCUT2D eigenvalue weighted by molar-refractivity contribution is -0.144. The Balaban J connectivity index is 1.49. The van der Waals surface area contributed by atoms with E-state index in [2.05, 4.69) is 49.5 Å². The number of fused-ring (bicyclic) bond motifs is 1. The molecule has 35 heavy (non-hydrogen) atoms. The SMILES string of the molecule is CCOC(=O)[C@H](N)Cc1cccc(OC[C@@H](O)CNC(C)(C)CC2Cc3ccccc3C2)c1C#N. The van der Waals surface area contributed by atoms with Gasteiger partial charge in [-0.15, -0.1) is 0 Å². The lowest BCUT2D eigenvalue weighted by Crippen LogP contribution is -2.46. The molecule has 0 aliphatic heterocycles. The van der Waals surface area contributed by atoms with Gasteiger partial charge in [0.2, 0.25) is 0 Å². The number of nitrogens with zero attached hydrogens (tertiary/aromatic N) is 1. The predicted octanol–water partition coefficient (Wildman–Crippen LogP) is 2.90. The number of rotatable bonds is 12. The maximum absolute atomic E-state index is 11.9. The number of carbonyl (C=O) groups is 1. The number of benzene rings is 2. The second-order valence-corrected chi connectivity index (χ2v) is 9.94. The fourth-order valence-corrected chi connectivity index (χ4v) is 4.79. The Bertz CT molecular complexity index is 1020. The van der Waals surface area contributed by atoms with Crippen LogP contribution in [0, 0.1) is 17.2 Å². The van der Waals surface area contributed by atoms with Gasteiger partial charge in [0.25, 0.3) is 0 Å². The third-order valence-electron chi connectivity index (χ3n) is 6.44. The highest BCUT2D eigenvalue weighted by Crippen LogP contribution is 2.32. The standard InChI is InChI=1S/C28H37N3O4/c1-4-34-27(33)25(30)14-22-10-7-11-26(24(22)16-29)35-18-23(32)17-31-28(2,3)15-19-12-20-8-5-6-9-21(20)13-19/h5-11,19,23,25,31-32H,4,12-15,17-18,30H2,1-3H3/t23-,25+/m0/s1. The van der Waals surface area contributed by atoms with E-state index in [1.54, 1.807) is 25.1 Å². The summed E-state index contributed by atoms with van der Waals surface area (Å²) in [7, 11) is 0. The molecule has 7 nitrogen and oxygen atoms in total. The van der Waals surface area contributed by atoms with Crippen LogP contribution in [-0.4, -0.2) is 48.5 Å². The molecule has 0 bridgehead atoms. The van der Waals surface area contributed by atoms with Gasteiger partial charge in [0.1, 0.15) is 30.6 Å². The first-order valence-corrected chi connectivity index (χ1v) is 12.3. The van der Waals surface area contributed by atoms with Gasteiger partial charge in [-0.2, -0.15) is 5.26 Å². The molecule has 0 saturated carbocycles. The van der Waals surface area contributed by atoms with E-state index in [4.69, 9.17) is 15.2 Å². The highest BCUT2D eigenvalue weighted by Gasteiger charge is 2.28. The summed E-state index contributed by atoms with van der Waals surface area (Å²) in [4.78, 5) is 11.9. The number of carbonyl (C=O) groups excluding carboxylic acids is 1. The second kappa shape index (κ2) is 12.2. The van der Waals surface area contributed by atoms with Crippen molar-refractivity contribution in [2.45, 2.75) is 64.1 Å². The minimum absolute atomic E-state index is 0.0417. The summed E-state index contributed by atoms with van der Waals surface area (Å²) in [5.41, 5.74) is 9.60. The Morgan fingerprint density at radius 3 is 2.54 bits per heavy atom.